The van der Waals surface area contributed by atoms with E-state index in [9.17, 15) is 19.5 Å². The fourth-order valence-electron chi connectivity index (χ4n) is 4.44. The molecule has 33 heavy (non-hydrogen) atoms. The maximum Gasteiger partial charge on any atom is 0.331 e. The maximum atomic E-state index is 13.7. The number of carbonyl (C=O) groups excluding carboxylic acids is 1. The minimum absolute atomic E-state index is 0.0218. The number of carbonyl (C=O) groups is 1. The van der Waals surface area contributed by atoms with Gasteiger partial charge in [0.1, 0.15) is 17.9 Å². The van der Waals surface area contributed by atoms with E-state index in [2.05, 4.69) is 0 Å². The Bertz CT molecular complexity index is 1360. The largest absolute Gasteiger partial charge is 0.386 e. The molecule has 1 aromatic carbocycles. The molecule has 0 bridgehead atoms. The highest BCUT2D eigenvalue weighted by molar-refractivity contribution is 6.05. The lowest BCUT2D eigenvalue weighted by Gasteiger charge is -2.18. The highest BCUT2D eigenvalue weighted by atomic mass is 16.7. The SMILES string of the molecule is Cc1cccc(C)c1Cn1cc2c(c1C(=O)N1CC(C)(O)CO1)c(=O)n(C)c(=O)n2C(C)C. The quantitative estimate of drug-likeness (QED) is 0.649. The number of aryl methyl sites for hydroxylation is 2. The average molecular weight is 455 g/mol. The Hall–Kier alpha value is -3.17. The number of β-amino-alcohol motifs (C(OH)–C–C–N with tert-alkyl or cyclic N) is 1. The summed E-state index contributed by atoms with van der Waals surface area (Å²) in [6.45, 7) is 9.59. The van der Waals surface area contributed by atoms with Crippen LogP contribution in [0.4, 0.5) is 0 Å². The van der Waals surface area contributed by atoms with Gasteiger partial charge in [0.25, 0.3) is 11.5 Å². The first kappa shape index (κ1) is 23.0. The zero-order chi connectivity index (χ0) is 24.2. The molecule has 0 spiro atoms. The summed E-state index contributed by atoms with van der Waals surface area (Å²) in [4.78, 5) is 45.3. The van der Waals surface area contributed by atoms with Gasteiger partial charge in [0.2, 0.25) is 0 Å². The van der Waals surface area contributed by atoms with Crippen molar-refractivity contribution in [3.05, 3.63) is 67.6 Å². The number of amides is 1. The summed E-state index contributed by atoms with van der Waals surface area (Å²) >= 11 is 0. The number of aromatic nitrogens is 3. The summed E-state index contributed by atoms with van der Waals surface area (Å²) in [6, 6.07) is 5.74. The summed E-state index contributed by atoms with van der Waals surface area (Å²) in [6.07, 6.45) is 1.70. The van der Waals surface area contributed by atoms with Crippen LogP contribution in [0.5, 0.6) is 0 Å². The first-order valence-electron chi connectivity index (χ1n) is 11.0. The van der Waals surface area contributed by atoms with Gasteiger partial charge in [-0.15, -0.1) is 0 Å². The van der Waals surface area contributed by atoms with E-state index in [1.54, 1.807) is 17.7 Å². The molecule has 4 rings (SSSR count). The molecule has 0 aliphatic carbocycles. The van der Waals surface area contributed by atoms with Gasteiger partial charge >= 0.3 is 5.69 Å². The molecule has 1 aliphatic heterocycles. The average Bonchev–Trinajstić information content (AvgIpc) is 3.28. The number of hydrogen-bond acceptors (Lipinski definition) is 5. The molecule has 9 nitrogen and oxygen atoms in total. The van der Waals surface area contributed by atoms with Crippen molar-refractivity contribution in [2.75, 3.05) is 13.2 Å². The molecule has 1 fully saturated rings. The zero-order valence-corrected chi connectivity index (χ0v) is 19.9. The summed E-state index contributed by atoms with van der Waals surface area (Å²) in [5.74, 6) is -0.528. The van der Waals surface area contributed by atoms with Gasteiger partial charge in [0.15, 0.2) is 0 Å². The van der Waals surface area contributed by atoms with Gasteiger partial charge < -0.3 is 9.67 Å². The molecule has 1 atom stereocenters. The Kier molecular flexibility index (Phi) is 5.58. The molecule has 1 unspecified atom stereocenters. The van der Waals surface area contributed by atoms with Crippen LogP contribution in [0, 0.1) is 13.8 Å². The van der Waals surface area contributed by atoms with Gasteiger partial charge in [-0.25, -0.2) is 9.86 Å². The number of nitrogens with zero attached hydrogens (tertiary/aromatic N) is 4. The summed E-state index contributed by atoms with van der Waals surface area (Å²) in [5.41, 5.74) is 1.52. The lowest BCUT2D eigenvalue weighted by Crippen LogP contribution is -2.40. The number of rotatable bonds is 4. The fraction of sp³-hybridized carbons (Fsp3) is 0.458. The van der Waals surface area contributed by atoms with Gasteiger partial charge in [-0.1, -0.05) is 18.2 Å². The molecule has 3 aromatic rings. The van der Waals surface area contributed by atoms with Crippen LogP contribution in [-0.4, -0.2) is 48.5 Å². The van der Waals surface area contributed by atoms with E-state index in [1.807, 2.05) is 45.9 Å². The molecule has 1 aliphatic rings. The Morgan fingerprint density at radius 1 is 1.21 bits per heavy atom. The second-order valence-electron chi connectivity index (χ2n) is 9.46. The van der Waals surface area contributed by atoms with Crippen molar-refractivity contribution in [2.24, 2.45) is 7.05 Å². The van der Waals surface area contributed by atoms with Crippen molar-refractivity contribution in [3.63, 3.8) is 0 Å². The van der Waals surface area contributed by atoms with Crippen molar-refractivity contribution >= 4 is 16.8 Å². The highest BCUT2D eigenvalue weighted by Gasteiger charge is 2.38. The maximum absolute atomic E-state index is 13.7. The van der Waals surface area contributed by atoms with Gasteiger partial charge in [0, 0.05) is 25.8 Å². The minimum Gasteiger partial charge on any atom is -0.386 e. The van der Waals surface area contributed by atoms with Crippen LogP contribution in [-0.2, 0) is 18.4 Å². The van der Waals surface area contributed by atoms with Crippen LogP contribution < -0.4 is 11.2 Å². The third-order valence-corrected chi connectivity index (χ3v) is 6.26. The summed E-state index contributed by atoms with van der Waals surface area (Å²) in [7, 11) is 1.41. The van der Waals surface area contributed by atoms with Gasteiger partial charge in [0.05, 0.1) is 17.4 Å². The smallest absolute Gasteiger partial charge is 0.331 e. The molecule has 9 heteroatoms. The zero-order valence-electron chi connectivity index (χ0n) is 19.9. The van der Waals surface area contributed by atoms with Gasteiger partial charge in [-0.05, 0) is 51.3 Å². The lowest BCUT2D eigenvalue weighted by molar-refractivity contribution is -0.0801. The topological polar surface area (TPSA) is 98.7 Å². The van der Waals surface area contributed by atoms with Crippen molar-refractivity contribution in [2.45, 2.75) is 52.8 Å². The molecule has 0 saturated carbocycles. The van der Waals surface area contributed by atoms with E-state index in [0.717, 1.165) is 26.3 Å². The first-order valence-corrected chi connectivity index (χ1v) is 11.0. The molecule has 176 valence electrons. The number of hydroxylamine groups is 2. The van der Waals surface area contributed by atoms with Crippen LogP contribution >= 0.6 is 0 Å². The van der Waals surface area contributed by atoms with Crippen LogP contribution in [0.1, 0.15) is 54.0 Å². The first-order chi connectivity index (χ1) is 15.4. The Morgan fingerprint density at radius 3 is 2.39 bits per heavy atom. The summed E-state index contributed by atoms with van der Waals surface area (Å²) in [5, 5.41) is 11.6. The normalized spacial score (nSPS) is 18.6. The number of aliphatic hydroxyl groups is 1. The van der Waals surface area contributed by atoms with E-state index in [-0.39, 0.29) is 30.3 Å². The third-order valence-electron chi connectivity index (χ3n) is 6.26. The predicted octanol–water partition coefficient (Wildman–Crippen LogP) is 1.89. The van der Waals surface area contributed by atoms with E-state index < -0.39 is 22.8 Å². The lowest BCUT2D eigenvalue weighted by atomic mass is 10.0. The van der Waals surface area contributed by atoms with Gasteiger partial charge in [-0.3, -0.25) is 23.6 Å². The van der Waals surface area contributed by atoms with Gasteiger partial charge in [-0.2, -0.15) is 0 Å². The minimum atomic E-state index is -1.18. The van der Waals surface area contributed by atoms with Crippen LogP contribution in [0.2, 0.25) is 0 Å². The standard InChI is InChI=1S/C24H30N4O5/c1-14(2)28-18-11-26(10-17-15(3)8-7-9-16(17)4)20(19(18)21(29)25(6)23(28)31)22(30)27-12-24(5,32)13-33-27/h7-9,11,14,32H,10,12-13H2,1-6H3. The molecule has 1 N–H and O–H groups in total. The second-order valence-corrected chi connectivity index (χ2v) is 9.46. The Morgan fingerprint density at radius 2 is 1.85 bits per heavy atom. The predicted molar refractivity (Wildman–Crippen MR) is 124 cm³/mol. The number of fused-ring (bicyclic) bond motifs is 1. The third kappa shape index (κ3) is 3.81. The molecule has 1 saturated heterocycles. The highest BCUT2D eigenvalue weighted by Crippen LogP contribution is 2.26. The molecule has 2 aromatic heterocycles. The van der Waals surface area contributed by atoms with Crippen LogP contribution in [0.15, 0.2) is 34.0 Å². The number of hydrogen-bond donors (Lipinski definition) is 1. The number of benzene rings is 1. The van der Waals surface area contributed by atoms with Crippen molar-refractivity contribution in [3.8, 4) is 0 Å². The van der Waals surface area contributed by atoms with E-state index in [1.165, 1.54) is 11.6 Å². The molecular weight excluding hydrogens is 424 g/mol. The fourth-order valence-corrected chi connectivity index (χ4v) is 4.44. The summed E-state index contributed by atoms with van der Waals surface area (Å²) < 4.78 is 4.28. The monoisotopic (exact) mass is 454 g/mol. The van der Waals surface area contributed by atoms with Crippen molar-refractivity contribution < 1.29 is 14.7 Å². The van der Waals surface area contributed by atoms with Crippen LogP contribution in [0.25, 0.3) is 10.9 Å². The molecule has 0 radical (unpaired) electrons. The molecule has 1 amide bonds. The molecule has 3 heterocycles. The van der Waals surface area contributed by atoms with E-state index in [4.69, 9.17) is 4.84 Å². The second kappa shape index (κ2) is 8.00. The van der Waals surface area contributed by atoms with Crippen molar-refractivity contribution in [1.82, 2.24) is 18.8 Å². The Labute approximate surface area is 191 Å². The Balaban J connectivity index is 2.02. The molecular formula is C24H30N4O5. The van der Waals surface area contributed by atoms with E-state index in [0.29, 0.717) is 12.1 Å². The van der Waals surface area contributed by atoms with Crippen molar-refractivity contribution in [1.29, 1.82) is 0 Å². The van der Waals surface area contributed by atoms with Crippen LogP contribution in [0.3, 0.4) is 0 Å². The van der Waals surface area contributed by atoms with E-state index >= 15 is 0 Å².